The van der Waals surface area contributed by atoms with Crippen LogP contribution in [0, 0.1) is 11.8 Å². The topological polar surface area (TPSA) is 9.23 Å². The van der Waals surface area contributed by atoms with Gasteiger partial charge in [0.15, 0.2) is 0 Å². The lowest BCUT2D eigenvalue weighted by atomic mass is 9.68. The molecule has 4 atom stereocenters. The standard InChI is InChI=1S/C16H24O/c1-11(2)16-14-9-4-3-7-12(14)13-8-5-6-10-15(13)17-16/h7,13-16H,1,3-6,8-10H2,2H3/t13-,14-,15-,16-/m0/s1. The molecule has 0 aromatic carbocycles. The number of ether oxygens (including phenoxy) is 1. The van der Waals surface area contributed by atoms with E-state index in [1.165, 1.54) is 50.5 Å². The third kappa shape index (κ3) is 1.99. The summed E-state index contributed by atoms with van der Waals surface area (Å²) in [7, 11) is 0. The van der Waals surface area contributed by atoms with Crippen LogP contribution in [0.2, 0.25) is 0 Å². The van der Waals surface area contributed by atoms with Gasteiger partial charge in [-0.2, -0.15) is 0 Å². The van der Waals surface area contributed by atoms with Crippen LogP contribution in [0.15, 0.2) is 23.8 Å². The molecule has 1 saturated carbocycles. The summed E-state index contributed by atoms with van der Waals surface area (Å²) in [5.41, 5.74) is 2.96. The third-order valence-electron chi connectivity index (χ3n) is 4.83. The van der Waals surface area contributed by atoms with Crippen molar-refractivity contribution in [3.8, 4) is 0 Å². The van der Waals surface area contributed by atoms with Crippen LogP contribution in [0.25, 0.3) is 0 Å². The fraction of sp³-hybridized carbons (Fsp3) is 0.750. The van der Waals surface area contributed by atoms with E-state index in [1.54, 1.807) is 5.57 Å². The highest BCUT2D eigenvalue weighted by molar-refractivity contribution is 5.24. The fourth-order valence-electron chi connectivity index (χ4n) is 4.06. The molecular weight excluding hydrogens is 208 g/mol. The highest BCUT2D eigenvalue weighted by Gasteiger charge is 2.42. The van der Waals surface area contributed by atoms with Gasteiger partial charge in [-0.3, -0.25) is 0 Å². The monoisotopic (exact) mass is 232 g/mol. The predicted octanol–water partition coefficient (Wildman–Crippen LogP) is 4.25. The molecule has 0 radical (unpaired) electrons. The minimum absolute atomic E-state index is 0.306. The average Bonchev–Trinajstić information content (AvgIpc) is 2.37. The molecule has 1 heterocycles. The third-order valence-corrected chi connectivity index (χ3v) is 4.83. The smallest absolute Gasteiger partial charge is 0.0849 e. The lowest BCUT2D eigenvalue weighted by Gasteiger charge is -2.47. The van der Waals surface area contributed by atoms with Crippen molar-refractivity contribution in [2.45, 2.75) is 64.1 Å². The summed E-state index contributed by atoms with van der Waals surface area (Å²) in [6.45, 7) is 6.29. The number of rotatable bonds is 1. The van der Waals surface area contributed by atoms with Crippen molar-refractivity contribution in [1.82, 2.24) is 0 Å². The van der Waals surface area contributed by atoms with Crippen molar-refractivity contribution in [1.29, 1.82) is 0 Å². The van der Waals surface area contributed by atoms with Crippen molar-refractivity contribution < 1.29 is 4.74 Å². The number of fused-ring (bicyclic) bond motifs is 3. The van der Waals surface area contributed by atoms with Gasteiger partial charge in [0.1, 0.15) is 0 Å². The molecule has 0 spiro atoms. The SMILES string of the molecule is C=C(C)[C@@H]1O[C@H]2CCCC[C@H]2C2=CCCC[C@@H]21. The normalized spacial score (nSPS) is 41.1. The molecular formula is C16H24O. The first-order valence-corrected chi connectivity index (χ1v) is 7.28. The molecule has 0 bridgehead atoms. The van der Waals surface area contributed by atoms with E-state index in [2.05, 4.69) is 19.6 Å². The lowest BCUT2D eigenvalue weighted by molar-refractivity contribution is -0.0871. The number of hydrogen-bond donors (Lipinski definition) is 0. The zero-order chi connectivity index (χ0) is 11.8. The van der Waals surface area contributed by atoms with Gasteiger partial charge in [-0.1, -0.05) is 36.6 Å². The van der Waals surface area contributed by atoms with Crippen LogP contribution in [-0.4, -0.2) is 12.2 Å². The molecule has 1 saturated heterocycles. The van der Waals surface area contributed by atoms with E-state index < -0.39 is 0 Å². The molecule has 0 aromatic rings. The van der Waals surface area contributed by atoms with Gasteiger partial charge in [-0.05, 0) is 39.0 Å². The molecule has 2 aliphatic carbocycles. The molecule has 0 N–H and O–H groups in total. The molecule has 1 nitrogen and oxygen atoms in total. The number of allylic oxidation sites excluding steroid dienone is 1. The molecule has 17 heavy (non-hydrogen) atoms. The molecule has 1 heteroatoms. The van der Waals surface area contributed by atoms with E-state index in [0.29, 0.717) is 18.1 Å². The van der Waals surface area contributed by atoms with Crippen molar-refractivity contribution in [3.05, 3.63) is 23.8 Å². The first-order chi connectivity index (χ1) is 8.27. The van der Waals surface area contributed by atoms with E-state index >= 15 is 0 Å². The van der Waals surface area contributed by atoms with Gasteiger partial charge in [-0.25, -0.2) is 0 Å². The van der Waals surface area contributed by atoms with Crippen LogP contribution in [0.1, 0.15) is 51.9 Å². The summed E-state index contributed by atoms with van der Waals surface area (Å²) >= 11 is 0. The summed E-state index contributed by atoms with van der Waals surface area (Å²) in [4.78, 5) is 0. The van der Waals surface area contributed by atoms with Crippen LogP contribution >= 0.6 is 0 Å². The van der Waals surface area contributed by atoms with Crippen molar-refractivity contribution in [3.63, 3.8) is 0 Å². The average molecular weight is 232 g/mol. The Kier molecular flexibility index (Phi) is 3.12. The summed E-state index contributed by atoms with van der Waals surface area (Å²) in [6, 6.07) is 0. The Bertz CT molecular complexity index is 341. The first-order valence-electron chi connectivity index (χ1n) is 7.28. The highest BCUT2D eigenvalue weighted by atomic mass is 16.5. The Morgan fingerprint density at radius 1 is 1.18 bits per heavy atom. The Hall–Kier alpha value is -0.560. The van der Waals surface area contributed by atoms with Gasteiger partial charge >= 0.3 is 0 Å². The second-order valence-corrected chi connectivity index (χ2v) is 6.07. The fourth-order valence-corrected chi connectivity index (χ4v) is 4.06. The molecule has 94 valence electrons. The summed E-state index contributed by atoms with van der Waals surface area (Å²) in [5.74, 6) is 1.39. The minimum atomic E-state index is 0.306. The second-order valence-electron chi connectivity index (χ2n) is 6.07. The molecule has 3 aliphatic rings. The second kappa shape index (κ2) is 4.61. The Balaban J connectivity index is 1.90. The van der Waals surface area contributed by atoms with Gasteiger partial charge in [0, 0.05) is 11.8 Å². The van der Waals surface area contributed by atoms with Crippen LogP contribution in [0.5, 0.6) is 0 Å². The van der Waals surface area contributed by atoms with Crippen molar-refractivity contribution in [2.24, 2.45) is 11.8 Å². The maximum atomic E-state index is 6.38. The Morgan fingerprint density at radius 3 is 2.76 bits per heavy atom. The molecule has 0 aromatic heterocycles. The Labute approximate surface area is 105 Å². The van der Waals surface area contributed by atoms with Crippen LogP contribution in [0.3, 0.4) is 0 Å². The van der Waals surface area contributed by atoms with E-state index in [-0.39, 0.29) is 0 Å². The molecule has 2 fully saturated rings. The zero-order valence-corrected chi connectivity index (χ0v) is 11.0. The van der Waals surface area contributed by atoms with Gasteiger partial charge in [0.2, 0.25) is 0 Å². The van der Waals surface area contributed by atoms with Crippen LogP contribution < -0.4 is 0 Å². The molecule has 0 unspecified atom stereocenters. The van der Waals surface area contributed by atoms with Crippen molar-refractivity contribution >= 4 is 0 Å². The predicted molar refractivity (Wildman–Crippen MR) is 70.9 cm³/mol. The van der Waals surface area contributed by atoms with Gasteiger partial charge in [0.05, 0.1) is 12.2 Å². The van der Waals surface area contributed by atoms with Crippen LogP contribution in [-0.2, 0) is 4.74 Å². The van der Waals surface area contributed by atoms with E-state index in [1.807, 2.05) is 0 Å². The highest BCUT2D eigenvalue weighted by Crippen LogP contribution is 2.47. The largest absolute Gasteiger partial charge is 0.369 e. The lowest BCUT2D eigenvalue weighted by Crippen LogP contribution is -2.45. The van der Waals surface area contributed by atoms with E-state index in [4.69, 9.17) is 4.74 Å². The van der Waals surface area contributed by atoms with Gasteiger partial charge < -0.3 is 4.74 Å². The maximum absolute atomic E-state index is 6.38. The minimum Gasteiger partial charge on any atom is -0.369 e. The maximum Gasteiger partial charge on any atom is 0.0849 e. The zero-order valence-electron chi connectivity index (χ0n) is 11.0. The summed E-state index contributed by atoms with van der Waals surface area (Å²) in [6.07, 6.45) is 12.6. The van der Waals surface area contributed by atoms with E-state index in [9.17, 15) is 0 Å². The summed E-state index contributed by atoms with van der Waals surface area (Å²) < 4.78 is 6.38. The summed E-state index contributed by atoms with van der Waals surface area (Å²) in [5, 5.41) is 0. The van der Waals surface area contributed by atoms with Crippen molar-refractivity contribution in [2.75, 3.05) is 0 Å². The Morgan fingerprint density at radius 2 is 1.94 bits per heavy atom. The van der Waals surface area contributed by atoms with Gasteiger partial charge in [-0.15, -0.1) is 0 Å². The van der Waals surface area contributed by atoms with E-state index in [0.717, 1.165) is 5.92 Å². The number of hydrogen-bond acceptors (Lipinski definition) is 1. The molecule has 1 aliphatic heterocycles. The molecule has 0 amide bonds. The van der Waals surface area contributed by atoms with Crippen LogP contribution in [0.4, 0.5) is 0 Å². The van der Waals surface area contributed by atoms with Gasteiger partial charge in [0.25, 0.3) is 0 Å². The quantitative estimate of drug-likeness (QED) is 0.614. The molecule has 3 rings (SSSR count). The first kappa shape index (κ1) is 11.5.